The Balaban J connectivity index is 1.75. The summed E-state index contributed by atoms with van der Waals surface area (Å²) in [5.74, 6) is 0.811. The minimum Gasteiger partial charge on any atom is -0.454 e. The van der Waals surface area contributed by atoms with Gasteiger partial charge < -0.3 is 4.42 Å². The first kappa shape index (κ1) is 16.5. The van der Waals surface area contributed by atoms with E-state index in [2.05, 4.69) is 35.3 Å². The Bertz CT molecular complexity index is 1200. The maximum atomic E-state index is 6.25. The predicted molar refractivity (Wildman–Crippen MR) is 113 cm³/mol. The van der Waals surface area contributed by atoms with Crippen LogP contribution in [0.15, 0.2) is 74.6 Å². The summed E-state index contributed by atoms with van der Waals surface area (Å²) in [5, 5.41) is 13.1. The van der Waals surface area contributed by atoms with Crippen LogP contribution < -0.4 is 0 Å². The van der Waals surface area contributed by atoms with Crippen LogP contribution in [0.2, 0.25) is 5.02 Å². The minimum absolute atomic E-state index is 0.659. The van der Waals surface area contributed by atoms with Crippen LogP contribution in [0.1, 0.15) is 27.3 Å². The number of furan rings is 1. The van der Waals surface area contributed by atoms with Gasteiger partial charge in [0, 0.05) is 22.4 Å². The van der Waals surface area contributed by atoms with Crippen molar-refractivity contribution in [3.8, 4) is 0 Å². The lowest BCUT2D eigenvalue weighted by Crippen LogP contribution is -2.05. The molecule has 0 saturated heterocycles. The highest BCUT2D eigenvalue weighted by molar-refractivity contribution is 7.12. The lowest BCUT2D eigenvalue weighted by Gasteiger charge is -2.04. The lowest BCUT2D eigenvalue weighted by molar-refractivity contribution is 0.601. The van der Waals surface area contributed by atoms with Gasteiger partial charge >= 0.3 is 0 Å². The zero-order valence-corrected chi connectivity index (χ0v) is 16.1. The first-order chi connectivity index (χ1) is 13.2. The number of fused-ring (bicyclic) bond motifs is 3. The van der Waals surface area contributed by atoms with Crippen LogP contribution in [-0.2, 0) is 6.42 Å². The molecule has 2 aromatic heterocycles. The number of hydrogen-bond acceptors (Lipinski definition) is 4. The third-order valence-corrected chi connectivity index (χ3v) is 5.84. The molecule has 0 saturated carbocycles. The second kappa shape index (κ2) is 6.48. The summed E-state index contributed by atoms with van der Waals surface area (Å²) in [5.41, 5.74) is 5.93. The molecule has 27 heavy (non-hydrogen) atoms. The van der Waals surface area contributed by atoms with E-state index in [-0.39, 0.29) is 0 Å². The monoisotopic (exact) mass is 390 g/mol. The largest absolute Gasteiger partial charge is 0.454 e. The minimum atomic E-state index is 0.659. The molecular formula is C22H15ClN2OS. The van der Waals surface area contributed by atoms with Crippen LogP contribution in [0.3, 0.4) is 0 Å². The number of rotatable bonds is 2. The molecule has 0 radical (unpaired) electrons. The zero-order chi connectivity index (χ0) is 18.4. The van der Waals surface area contributed by atoms with Crippen LogP contribution in [-0.4, -0.2) is 11.4 Å². The molecule has 3 heterocycles. The summed E-state index contributed by atoms with van der Waals surface area (Å²) in [6.07, 6.45) is 0.659. The fourth-order valence-corrected chi connectivity index (χ4v) is 4.20. The molecule has 0 spiro atoms. The number of hydrogen-bond donors (Lipinski definition) is 0. The van der Waals surface area contributed by atoms with Crippen molar-refractivity contribution >= 4 is 45.3 Å². The van der Waals surface area contributed by atoms with E-state index in [1.165, 1.54) is 5.56 Å². The van der Waals surface area contributed by atoms with Crippen LogP contribution in [0.4, 0.5) is 0 Å². The van der Waals surface area contributed by atoms with Crippen molar-refractivity contribution in [2.45, 2.75) is 13.3 Å². The van der Waals surface area contributed by atoms with Gasteiger partial charge in [0.2, 0.25) is 0 Å². The average Bonchev–Trinajstić information content (AvgIpc) is 3.27. The van der Waals surface area contributed by atoms with Gasteiger partial charge in [-0.2, -0.15) is 5.10 Å². The normalized spacial score (nSPS) is 13.9. The van der Waals surface area contributed by atoms with E-state index < -0.39 is 0 Å². The smallest absolute Gasteiger partial charge is 0.160 e. The van der Waals surface area contributed by atoms with E-state index in [4.69, 9.17) is 16.0 Å². The predicted octanol–water partition coefficient (Wildman–Crippen LogP) is 6.25. The highest BCUT2D eigenvalue weighted by atomic mass is 35.5. The van der Waals surface area contributed by atoms with Crippen LogP contribution in [0.5, 0.6) is 0 Å². The lowest BCUT2D eigenvalue weighted by atomic mass is 9.98. The summed E-state index contributed by atoms with van der Waals surface area (Å²) >= 11 is 7.69. The van der Waals surface area contributed by atoms with Gasteiger partial charge in [-0.05, 0) is 48.2 Å². The summed E-state index contributed by atoms with van der Waals surface area (Å²) in [7, 11) is 0. The Morgan fingerprint density at radius 1 is 1.04 bits per heavy atom. The van der Waals surface area contributed by atoms with Crippen molar-refractivity contribution in [3.63, 3.8) is 0 Å². The maximum Gasteiger partial charge on any atom is 0.160 e. The molecular weight excluding hydrogens is 376 g/mol. The van der Waals surface area contributed by atoms with Gasteiger partial charge in [0.15, 0.2) is 5.76 Å². The second-order valence-corrected chi connectivity index (χ2v) is 7.95. The SMILES string of the molecule is Cc1ccc2oc3c(c2c1)CC(c1ccc(Cl)cc1)=NN=C3c1cccs1. The van der Waals surface area contributed by atoms with Crippen LogP contribution in [0, 0.1) is 6.92 Å². The number of aryl methyl sites for hydroxylation is 1. The molecule has 1 aliphatic heterocycles. The van der Waals surface area contributed by atoms with Crippen molar-refractivity contribution in [2.24, 2.45) is 10.2 Å². The Hall–Kier alpha value is -2.69. The summed E-state index contributed by atoms with van der Waals surface area (Å²) in [6, 6.07) is 18.1. The van der Waals surface area contributed by atoms with Crippen molar-refractivity contribution in [3.05, 3.63) is 92.3 Å². The van der Waals surface area contributed by atoms with Gasteiger partial charge in [-0.1, -0.05) is 41.4 Å². The van der Waals surface area contributed by atoms with Crippen molar-refractivity contribution in [1.29, 1.82) is 0 Å². The molecule has 2 aromatic carbocycles. The Morgan fingerprint density at radius 2 is 1.89 bits per heavy atom. The Labute approximate surface area is 165 Å². The van der Waals surface area contributed by atoms with E-state index in [1.54, 1.807) is 11.3 Å². The number of nitrogens with zero attached hydrogens (tertiary/aromatic N) is 2. The van der Waals surface area contributed by atoms with Gasteiger partial charge in [-0.3, -0.25) is 0 Å². The van der Waals surface area contributed by atoms with Gasteiger partial charge in [0.05, 0.1) is 10.6 Å². The molecule has 0 aliphatic carbocycles. The molecule has 1 aliphatic rings. The molecule has 0 amide bonds. The highest BCUT2D eigenvalue weighted by Crippen LogP contribution is 2.33. The molecule has 0 unspecified atom stereocenters. The van der Waals surface area contributed by atoms with Gasteiger partial charge in [0.1, 0.15) is 11.3 Å². The third kappa shape index (κ3) is 2.91. The van der Waals surface area contributed by atoms with E-state index >= 15 is 0 Å². The van der Waals surface area contributed by atoms with Crippen molar-refractivity contribution in [1.82, 2.24) is 0 Å². The Morgan fingerprint density at radius 3 is 2.67 bits per heavy atom. The molecule has 0 bridgehead atoms. The maximum absolute atomic E-state index is 6.25. The molecule has 4 aromatic rings. The van der Waals surface area contributed by atoms with Gasteiger partial charge in [-0.15, -0.1) is 16.4 Å². The molecule has 0 atom stereocenters. The first-order valence-electron chi connectivity index (χ1n) is 8.66. The molecule has 0 N–H and O–H groups in total. The van der Waals surface area contributed by atoms with Crippen molar-refractivity contribution in [2.75, 3.05) is 0 Å². The topological polar surface area (TPSA) is 37.9 Å². The average molecular weight is 391 g/mol. The highest BCUT2D eigenvalue weighted by Gasteiger charge is 2.25. The molecule has 3 nitrogen and oxygen atoms in total. The molecule has 132 valence electrons. The fourth-order valence-electron chi connectivity index (χ4n) is 3.36. The fraction of sp³-hybridized carbons (Fsp3) is 0.0909. The zero-order valence-electron chi connectivity index (χ0n) is 14.6. The van der Waals surface area contributed by atoms with Gasteiger partial charge in [-0.25, -0.2) is 0 Å². The van der Waals surface area contributed by atoms with E-state index in [9.17, 15) is 0 Å². The van der Waals surface area contributed by atoms with Gasteiger partial charge in [0.25, 0.3) is 0 Å². The van der Waals surface area contributed by atoms with E-state index in [0.29, 0.717) is 11.4 Å². The summed E-state index contributed by atoms with van der Waals surface area (Å²) in [4.78, 5) is 1.05. The van der Waals surface area contributed by atoms with Crippen molar-refractivity contribution < 1.29 is 4.42 Å². The second-order valence-electron chi connectivity index (χ2n) is 6.57. The third-order valence-electron chi connectivity index (χ3n) is 4.71. The summed E-state index contributed by atoms with van der Waals surface area (Å²) < 4.78 is 6.25. The summed E-state index contributed by atoms with van der Waals surface area (Å²) in [6.45, 7) is 2.10. The van der Waals surface area contributed by atoms with E-state index in [1.807, 2.05) is 41.8 Å². The van der Waals surface area contributed by atoms with Crippen LogP contribution >= 0.6 is 22.9 Å². The number of thiophene rings is 1. The Kier molecular flexibility index (Phi) is 3.96. The standard InChI is InChI=1S/C22H15ClN2OS/c1-13-4-9-19-16(11-13)17-12-18(14-5-7-15(23)8-6-14)24-25-21(22(17)26-19)20-3-2-10-27-20/h2-11H,12H2,1H3. The molecule has 5 heteroatoms. The molecule has 5 rings (SSSR count). The first-order valence-corrected chi connectivity index (χ1v) is 9.91. The number of benzene rings is 2. The van der Waals surface area contributed by atoms with E-state index in [0.717, 1.165) is 44.2 Å². The number of halogens is 1. The molecule has 0 fully saturated rings. The van der Waals surface area contributed by atoms with Crippen LogP contribution in [0.25, 0.3) is 11.0 Å². The quantitative estimate of drug-likeness (QED) is 0.398.